The summed E-state index contributed by atoms with van der Waals surface area (Å²) in [7, 11) is -5.50. The summed E-state index contributed by atoms with van der Waals surface area (Å²) in [6.07, 6.45) is 5.96. The molecule has 1 aliphatic heterocycles. The van der Waals surface area contributed by atoms with E-state index in [0.29, 0.717) is 17.0 Å². The number of nitrogens with zero attached hydrogens (tertiary/aromatic N) is 8. The molecule has 5 rings (SSSR count). The number of hydrogen-bond acceptors (Lipinski definition) is 7. The summed E-state index contributed by atoms with van der Waals surface area (Å²) in [5, 5.41) is 11.1. The van der Waals surface area contributed by atoms with E-state index in [1.807, 2.05) is 0 Å². The van der Waals surface area contributed by atoms with Gasteiger partial charge in [0.05, 0.1) is 11.8 Å². The zero-order valence-corrected chi connectivity index (χ0v) is 18.1. The normalized spacial score (nSPS) is 18.4. The number of sulfonamides is 1. The quantitative estimate of drug-likeness (QED) is 0.507. The minimum Gasteiger partial charge on any atom is -0.314 e. The highest BCUT2D eigenvalue weighted by molar-refractivity contribution is 7.90. The average Bonchev–Trinajstić information content (AvgIpc) is 3.33. The molecule has 0 unspecified atom stereocenters. The second-order valence-corrected chi connectivity index (χ2v) is 10.1. The van der Waals surface area contributed by atoms with Crippen LogP contribution in [-0.2, 0) is 20.4 Å². The fraction of sp³-hybridized carbons (Fsp3) is 0.444. The standard InChI is InChI=1S/C18H16F3N9O3S/c1-22-8-17(9-28(10-17)34(32,33)18(19,20)21)29-7-12(6-24-29)14-23-5-4-13-25-16(27-30(13)14)26-15(31)11-2-3-11/h4-7,11H,2-3,8-10H2,(H,26,27,31). The van der Waals surface area contributed by atoms with Crippen LogP contribution >= 0.6 is 0 Å². The molecule has 1 saturated heterocycles. The van der Waals surface area contributed by atoms with Gasteiger partial charge in [-0.1, -0.05) is 0 Å². The van der Waals surface area contributed by atoms with Crippen molar-refractivity contribution in [3.05, 3.63) is 36.1 Å². The monoisotopic (exact) mass is 495 g/mol. The first-order valence-corrected chi connectivity index (χ1v) is 11.5. The molecule has 16 heteroatoms. The van der Waals surface area contributed by atoms with Crippen LogP contribution in [0.2, 0.25) is 0 Å². The predicted octanol–water partition coefficient (Wildman–Crippen LogP) is 1.12. The van der Waals surface area contributed by atoms with Gasteiger partial charge in [-0.15, -0.1) is 5.10 Å². The number of carbonyl (C=O) groups excluding carboxylic acids is 1. The average molecular weight is 495 g/mol. The molecule has 4 heterocycles. The maximum absolute atomic E-state index is 12.9. The molecule has 34 heavy (non-hydrogen) atoms. The van der Waals surface area contributed by atoms with Gasteiger partial charge in [0.1, 0.15) is 0 Å². The van der Waals surface area contributed by atoms with Gasteiger partial charge in [-0.25, -0.2) is 20.0 Å². The van der Waals surface area contributed by atoms with Crippen molar-refractivity contribution in [1.29, 1.82) is 0 Å². The molecule has 2 fully saturated rings. The zero-order chi connectivity index (χ0) is 24.3. The third-order valence-electron chi connectivity index (χ3n) is 5.71. The predicted molar refractivity (Wildman–Crippen MR) is 109 cm³/mol. The first kappa shape index (κ1) is 22.2. The zero-order valence-electron chi connectivity index (χ0n) is 17.3. The van der Waals surface area contributed by atoms with E-state index >= 15 is 0 Å². The molecule has 12 nitrogen and oxygen atoms in total. The van der Waals surface area contributed by atoms with Crippen molar-refractivity contribution in [2.75, 3.05) is 25.0 Å². The summed E-state index contributed by atoms with van der Waals surface area (Å²) in [5.74, 6) is 0.196. The Hall–Kier alpha value is -3.58. The van der Waals surface area contributed by atoms with Crippen molar-refractivity contribution >= 4 is 27.5 Å². The Morgan fingerprint density at radius 1 is 1.32 bits per heavy atom. The summed E-state index contributed by atoms with van der Waals surface area (Å²) >= 11 is 0. The van der Waals surface area contributed by atoms with Crippen LogP contribution in [-0.4, -0.2) is 73.1 Å². The maximum Gasteiger partial charge on any atom is 0.511 e. The van der Waals surface area contributed by atoms with E-state index in [1.54, 1.807) is 6.07 Å². The number of anilines is 1. The van der Waals surface area contributed by atoms with Crippen LogP contribution in [0.4, 0.5) is 19.1 Å². The van der Waals surface area contributed by atoms with Crippen LogP contribution in [0.1, 0.15) is 12.8 Å². The van der Waals surface area contributed by atoms with Gasteiger partial charge in [0.2, 0.25) is 18.4 Å². The second kappa shape index (κ2) is 7.46. The third kappa shape index (κ3) is 3.56. The minimum atomic E-state index is -5.50. The number of rotatable bonds is 6. The highest BCUT2D eigenvalue weighted by Gasteiger charge is 2.60. The molecular formula is C18H16F3N9O3S. The summed E-state index contributed by atoms with van der Waals surface area (Å²) in [5.41, 5.74) is -5.87. The number of carbonyl (C=O) groups is 1. The van der Waals surface area contributed by atoms with Crippen molar-refractivity contribution in [1.82, 2.24) is 33.7 Å². The largest absolute Gasteiger partial charge is 0.511 e. The highest BCUT2D eigenvalue weighted by Crippen LogP contribution is 2.38. The fourth-order valence-corrected chi connectivity index (χ4v) is 4.83. The van der Waals surface area contributed by atoms with Crippen LogP contribution in [0.25, 0.3) is 21.9 Å². The number of alkyl halides is 3. The molecule has 1 amide bonds. The van der Waals surface area contributed by atoms with Crippen molar-refractivity contribution in [3.63, 3.8) is 0 Å². The number of amides is 1. The van der Waals surface area contributed by atoms with Crippen LogP contribution in [0.15, 0.2) is 24.7 Å². The maximum atomic E-state index is 12.9. The van der Waals surface area contributed by atoms with E-state index in [-0.39, 0.29) is 28.6 Å². The van der Waals surface area contributed by atoms with Crippen LogP contribution in [0, 0.1) is 12.5 Å². The number of halogens is 3. The lowest BCUT2D eigenvalue weighted by molar-refractivity contribution is -0.117. The van der Waals surface area contributed by atoms with Crippen LogP contribution in [0.5, 0.6) is 0 Å². The summed E-state index contributed by atoms with van der Waals surface area (Å²) in [4.78, 5) is 23.8. The lowest BCUT2D eigenvalue weighted by atomic mass is 9.93. The van der Waals surface area contributed by atoms with E-state index in [4.69, 9.17) is 6.57 Å². The molecule has 1 N–H and O–H groups in total. The number of hydrogen-bond donors (Lipinski definition) is 1. The van der Waals surface area contributed by atoms with E-state index in [2.05, 4.69) is 30.3 Å². The summed E-state index contributed by atoms with van der Waals surface area (Å²) < 4.78 is 65.0. The topological polar surface area (TPSA) is 132 Å². The molecule has 0 atom stereocenters. The molecule has 0 bridgehead atoms. The lowest BCUT2D eigenvalue weighted by Gasteiger charge is -2.45. The lowest BCUT2D eigenvalue weighted by Crippen LogP contribution is -2.67. The number of fused-ring (bicyclic) bond motifs is 1. The number of nitrogens with one attached hydrogen (secondary N) is 1. The van der Waals surface area contributed by atoms with E-state index in [9.17, 15) is 26.4 Å². The molecule has 1 saturated carbocycles. The van der Waals surface area contributed by atoms with Gasteiger partial charge >= 0.3 is 15.5 Å². The summed E-state index contributed by atoms with van der Waals surface area (Å²) in [6, 6.07) is 1.58. The van der Waals surface area contributed by atoms with Gasteiger partial charge < -0.3 is 4.85 Å². The van der Waals surface area contributed by atoms with Gasteiger partial charge in [0, 0.05) is 37.5 Å². The molecule has 0 radical (unpaired) electrons. The molecular weight excluding hydrogens is 479 g/mol. The molecule has 1 aliphatic carbocycles. The molecule has 3 aromatic heterocycles. The van der Waals surface area contributed by atoms with Gasteiger partial charge in [-0.05, 0) is 12.8 Å². The third-order valence-corrected chi connectivity index (χ3v) is 7.23. The second-order valence-electron chi connectivity index (χ2n) is 8.17. The molecule has 3 aromatic rings. The summed E-state index contributed by atoms with van der Waals surface area (Å²) in [6.45, 7) is 5.83. The first-order chi connectivity index (χ1) is 16.0. The number of aromatic nitrogens is 6. The first-order valence-electron chi connectivity index (χ1n) is 10.0. The SMILES string of the molecule is [C-]#[N+]CC1(n2cc(-c3nccc4nc(NC(=O)C5CC5)nn34)cn2)CN(S(=O)(=O)C(F)(F)F)C1. The van der Waals surface area contributed by atoms with Gasteiger partial charge in [-0.2, -0.15) is 32.1 Å². The Balaban J connectivity index is 1.43. The van der Waals surface area contributed by atoms with Crippen molar-refractivity contribution in [3.8, 4) is 11.4 Å². The Morgan fingerprint density at radius 2 is 2.06 bits per heavy atom. The van der Waals surface area contributed by atoms with Crippen molar-refractivity contribution in [2.45, 2.75) is 23.9 Å². The minimum absolute atomic E-state index is 0.0377. The van der Waals surface area contributed by atoms with Gasteiger partial charge in [0.25, 0.3) is 0 Å². The van der Waals surface area contributed by atoms with Crippen LogP contribution < -0.4 is 5.32 Å². The molecule has 0 spiro atoms. The molecule has 178 valence electrons. The molecule has 0 aromatic carbocycles. The Morgan fingerprint density at radius 3 is 2.71 bits per heavy atom. The van der Waals surface area contributed by atoms with Crippen LogP contribution in [0.3, 0.4) is 0 Å². The Bertz CT molecular complexity index is 1430. The van der Waals surface area contributed by atoms with E-state index < -0.39 is 34.2 Å². The molecule has 2 aliphatic rings. The van der Waals surface area contributed by atoms with Crippen molar-refractivity contribution < 1.29 is 26.4 Å². The smallest absolute Gasteiger partial charge is 0.314 e. The highest BCUT2D eigenvalue weighted by atomic mass is 32.2. The van der Waals surface area contributed by atoms with Crippen molar-refractivity contribution in [2.24, 2.45) is 5.92 Å². The fourth-order valence-electron chi connectivity index (χ4n) is 3.71. The van der Waals surface area contributed by atoms with Gasteiger partial charge in [0.15, 0.2) is 17.0 Å². The Kier molecular flexibility index (Phi) is 4.88. The van der Waals surface area contributed by atoms with Gasteiger partial charge in [-0.3, -0.25) is 14.8 Å². The van der Waals surface area contributed by atoms with E-state index in [0.717, 1.165) is 12.8 Å². The Labute approximate surface area is 190 Å². The van der Waals surface area contributed by atoms with E-state index in [1.165, 1.54) is 27.8 Å².